The lowest BCUT2D eigenvalue weighted by atomic mass is 9.82. The summed E-state index contributed by atoms with van der Waals surface area (Å²) in [7, 11) is 0. The van der Waals surface area contributed by atoms with Gasteiger partial charge in [0.2, 0.25) is 0 Å². The number of nitrogens with zero attached hydrogens (tertiary/aromatic N) is 1. The average Bonchev–Trinajstić information content (AvgIpc) is 2.72. The summed E-state index contributed by atoms with van der Waals surface area (Å²) in [6.07, 6.45) is 7.95. The molecule has 1 atom stereocenters. The largest absolute Gasteiger partial charge is 0.481 e. The second-order valence-corrected chi connectivity index (χ2v) is 7.42. The molecule has 0 aromatic heterocycles. The van der Waals surface area contributed by atoms with E-state index in [-0.39, 0.29) is 11.4 Å². The van der Waals surface area contributed by atoms with Crippen LogP contribution in [0.3, 0.4) is 0 Å². The number of carboxylic acids is 1. The van der Waals surface area contributed by atoms with Crippen LogP contribution in [0.1, 0.15) is 58.8 Å². The minimum absolute atomic E-state index is 0.106. The second-order valence-electron chi connectivity index (χ2n) is 7.42. The Bertz CT molecular complexity index is 402. The number of carbonyl (C=O) groups is 2. The molecule has 120 valence electrons. The lowest BCUT2D eigenvalue weighted by molar-refractivity contribution is -0.147. The molecule has 2 N–H and O–H groups in total. The molecule has 0 spiro atoms. The van der Waals surface area contributed by atoms with Gasteiger partial charge in [-0.2, -0.15) is 0 Å². The highest BCUT2D eigenvalue weighted by Gasteiger charge is 2.42. The molecule has 0 aromatic rings. The van der Waals surface area contributed by atoms with Crippen LogP contribution in [-0.2, 0) is 4.79 Å². The van der Waals surface area contributed by atoms with Crippen LogP contribution < -0.4 is 5.32 Å². The summed E-state index contributed by atoms with van der Waals surface area (Å²) >= 11 is 0. The highest BCUT2D eigenvalue weighted by Crippen LogP contribution is 2.34. The number of rotatable bonds is 3. The maximum absolute atomic E-state index is 12.2. The van der Waals surface area contributed by atoms with Crippen molar-refractivity contribution >= 4 is 12.0 Å². The van der Waals surface area contributed by atoms with Crippen molar-refractivity contribution in [1.82, 2.24) is 10.2 Å². The normalized spacial score (nSPS) is 29.0. The first-order valence-corrected chi connectivity index (χ1v) is 8.11. The summed E-state index contributed by atoms with van der Waals surface area (Å²) in [5.74, 6) is -0.812. The van der Waals surface area contributed by atoms with Crippen LogP contribution in [0.2, 0.25) is 0 Å². The van der Waals surface area contributed by atoms with Gasteiger partial charge in [0, 0.05) is 19.6 Å². The fraction of sp³-hybridized carbons (Fsp3) is 0.875. The Balaban J connectivity index is 1.84. The van der Waals surface area contributed by atoms with Crippen molar-refractivity contribution in [2.24, 2.45) is 10.8 Å². The third-order valence-electron chi connectivity index (χ3n) is 5.25. The van der Waals surface area contributed by atoms with Gasteiger partial charge in [0.15, 0.2) is 0 Å². The number of nitrogens with one attached hydrogen (secondary N) is 1. The van der Waals surface area contributed by atoms with E-state index in [1.165, 1.54) is 38.5 Å². The number of urea groups is 1. The molecule has 2 aliphatic rings. The summed E-state index contributed by atoms with van der Waals surface area (Å²) in [6.45, 7) is 5.52. The Kier molecular flexibility index (Phi) is 4.79. The molecule has 0 bridgehead atoms. The molecule has 2 rings (SSSR count). The zero-order valence-corrected chi connectivity index (χ0v) is 13.3. The quantitative estimate of drug-likeness (QED) is 0.787. The van der Waals surface area contributed by atoms with Crippen LogP contribution in [0.15, 0.2) is 0 Å². The number of hydrogen-bond donors (Lipinski definition) is 2. The minimum atomic E-state index is -0.812. The number of carboxylic acid groups (broad SMARTS) is 1. The molecule has 5 heteroatoms. The summed E-state index contributed by atoms with van der Waals surface area (Å²) in [6, 6.07) is -0.106. The smallest absolute Gasteiger partial charge is 0.317 e. The molecule has 1 unspecified atom stereocenters. The summed E-state index contributed by atoms with van der Waals surface area (Å²) in [5.41, 5.74) is -0.592. The van der Waals surface area contributed by atoms with Gasteiger partial charge in [0.05, 0.1) is 5.41 Å². The topological polar surface area (TPSA) is 69.6 Å². The van der Waals surface area contributed by atoms with E-state index in [0.717, 1.165) is 0 Å². The Morgan fingerprint density at radius 3 is 2.24 bits per heavy atom. The highest BCUT2D eigenvalue weighted by atomic mass is 16.4. The number of likely N-dealkylation sites (tertiary alicyclic amines) is 1. The SMILES string of the molecule is CC1(CNC(=O)N2CCC(C)(C(=O)O)C2)CCCCCC1. The third-order valence-corrected chi connectivity index (χ3v) is 5.25. The number of amides is 2. The molecular weight excluding hydrogens is 268 g/mol. The first kappa shape index (κ1) is 16.1. The van der Waals surface area contributed by atoms with E-state index in [0.29, 0.717) is 26.1 Å². The Hall–Kier alpha value is -1.26. The molecule has 21 heavy (non-hydrogen) atoms. The summed E-state index contributed by atoms with van der Waals surface area (Å²) in [4.78, 5) is 25.1. The van der Waals surface area contributed by atoms with E-state index in [9.17, 15) is 14.7 Å². The fourth-order valence-electron chi connectivity index (χ4n) is 3.47. The lowest BCUT2D eigenvalue weighted by Crippen LogP contribution is -2.44. The molecule has 1 saturated heterocycles. The van der Waals surface area contributed by atoms with Gasteiger partial charge < -0.3 is 15.3 Å². The third kappa shape index (κ3) is 3.89. The average molecular weight is 296 g/mol. The van der Waals surface area contributed by atoms with Gasteiger partial charge in [-0.25, -0.2) is 4.79 Å². The number of aliphatic carboxylic acids is 1. The van der Waals surface area contributed by atoms with Crippen molar-refractivity contribution < 1.29 is 14.7 Å². The fourth-order valence-corrected chi connectivity index (χ4v) is 3.47. The van der Waals surface area contributed by atoms with Crippen LogP contribution in [0.5, 0.6) is 0 Å². The van der Waals surface area contributed by atoms with Crippen LogP contribution in [0.4, 0.5) is 4.79 Å². The molecule has 1 saturated carbocycles. The number of carbonyl (C=O) groups excluding carboxylic acids is 1. The molecule has 2 amide bonds. The van der Waals surface area contributed by atoms with E-state index in [1.54, 1.807) is 11.8 Å². The molecule has 2 fully saturated rings. The summed E-state index contributed by atoms with van der Waals surface area (Å²) in [5, 5.41) is 12.3. The van der Waals surface area contributed by atoms with Gasteiger partial charge in [-0.3, -0.25) is 4.79 Å². The van der Waals surface area contributed by atoms with Gasteiger partial charge in [0.1, 0.15) is 0 Å². The number of hydrogen-bond acceptors (Lipinski definition) is 2. The van der Waals surface area contributed by atoms with E-state index in [4.69, 9.17) is 0 Å². The molecular formula is C16H28N2O3. The predicted octanol–water partition coefficient (Wildman–Crippen LogP) is 2.85. The second kappa shape index (κ2) is 6.24. The van der Waals surface area contributed by atoms with Crippen molar-refractivity contribution in [2.75, 3.05) is 19.6 Å². The molecule has 0 aromatic carbocycles. The van der Waals surface area contributed by atoms with E-state index < -0.39 is 11.4 Å². The molecule has 1 aliphatic heterocycles. The van der Waals surface area contributed by atoms with E-state index >= 15 is 0 Å². The first-order valence-electron chi connectivity index (χ1n) is 8.11. The maximum atomic E-state index is 12.2. The van der Waals surface area contributed by atoms with Gasteiger partial charge in [-0.1, -0.05) is 32.6 Å². The monoisotopic (exact) mass is 296 g/mol. The zero-order valence-electron chi connectivity index (χ0n) is 13.3. The predicted molar refractivity (Wildman–Crippen MR) is 81.1 cm³/mol. The van der Waals surface area contributed by atoms with Gasteiger partial charge in [0.25, 0.3) is 0 Å². The van der Waals surface area contributed by atoms with Crippen molar-refractivity contribution in [1.29, 1.82) is 0 Å². The Morgan fingerprint density at radius 1 is 1.10 bits per heavy atom. The van der Waals surface area contributed by atoms with Crippen LogP contribution in [0, 0.1) is 10.8 Å². The Labute approximate surface area is 127 Å². The van der Waals surface area contributed by atoms with Crippen molar-refractivity contribution in [3.63, 3.8) is 0 Å². The van der Waals surface area contributed by atoms with Gasteiger partial charge in [-0.05, 0) is 31.6 Å². The van der Waals surface area contributed by atoms with Gasteiger partial charge in [-0.15, -0.1) is 0 Å². The standard InChI is InChI=1S/C16H28N2O3/c1-15(7-5-3-4-6-8-15)11-17-14(21)18-10-9-16(2,12-18)13(19)20/h3-12H2,1-2H3,(H,17,21)(H,19,20). The van der Waals surface area contributed by atoms with Crippen molar-refractivity contribution in [3.05, 3.63) is 0 Å². The molecule has 1 aliphatic carbocycles. The Morgan fingerprint density at radius 2 is 1.71 bits per heavy atom. The first-order chi connectivity index (χ1) is 9.85. The highest BCUT2D eigenvalue weighted by molar-refractivity contribution is 5.79. The van der Waals surface area contributed by atoms with Crippen LogP contribution in [0.25, 0.3) is 0 Å². The van der Waals surface area contributed by atoms with Crippen molar-refractivity contribution in [3.8, 4) is 0 Å². The van der Waals surface area contributed by atoms with E-state index in [1.807, 2.05) is 0 Å². The van der Waals surface area contributed by atoms with Gasteiger partial charge >= 0.3 is 12.0 Å². The van der Waals surface area contributed by atoms with Crippen LogP contribution >= 0.6 is 0 Å². The van der Waals surface area contributed by atoms with Crippen molar-refractivity contribution in [2.45, 2.75) is 58.8 Å². The molecule has 1 heterocycles. The summed E-state index contributed by atoms with van der Waals surface area (Å²) < 4.78 is 0. The maximum Gasteiger partial charge on any atom is 0.317 e. The minimum Gasteiger partial charge on any atom is -0.481 e. The molecule has 5 nitrogen and oxygen atoms in total. The molecule has 0 radical (unpaired) electrons. The van der Waals surface area contributed by atoms with E-state index in [2.05, 4.69) is 12.2 Å². The zero-order chi connectivity index (χ0) is 15.5. The lowest BCUT2D eigenvalue weighted by Gasteiger charge is -2.29. The van der Waals surface area contributed by atoms with Crippen LogP contribution in [-0.4, -0.2) is 41.6 Å².